The maximum Gasteiger partial charge on any atom is 0.0927 e. The van der Waals surface area contributed by atoms with Crippen molar-refractivity contribution in [3.8, 4) is 12.3 Å². The minimum atomic E-state index is -0.208. The van der Waals surface area contributed by atoms with E-state index < -0.39 is 0 Å². The third kappa shape index (κ3) is 1.73. The van der Waals surface area contributed by atoms with Gasteiger partial charge in [-0.05, 0) is 19.3 Å². The Morgan fingerprint density at radius 3 is 2.90 bits per heavy atom. The van der Waals surface area contributed by atoms with E-state index in [4.69, 9.17) is 16.9 Å². The van der Waals surface area contributed by atoms with Gasteiger partial charge < -0.3 is 10.5 Å². The van der Waals surface area contributed by atoms with Crippen LogP contribution in [0.4, 0.5) is 0 Å². The molecule has 1 saturated heterocycles. The largest absolute Gasteiger partial charge is 0.376 e. The Morgan fingerprint density at radius 1 is 1.60 bits per heavy atom. The second-order valence-electron chi connectivity index (χ2n) is 2.60. The van der Waals surface area contributed by atoms with Crippen LogP contribution in [0.15, 0.2) is 0 Å². The van der Waals surface area contributed by atoms with Gasteiger partial charge in [0.25, 0.3) is 0 Å². The first-order chi connectivity index (χ1) is 4.84. The zero-order valence-electron chi connectivity index (χ0n) is 6.05. The van der Waals surface area contributed by atoms with Gasteiger partial charge in [0.05, 0.1) is 12.1 Å². The topological polar surface area (TPSA) is 35.2 Å². The monoisotopic (exact) mass is 139 g/mol. The molecule has 2 N–H and O–H groups in total. The summed E-state index contributed by atoms with van der Waals surface area (Å²) in [5.41, 5.74) is 5.59. The summed E-state index contributed by atoms with van der Waals surface area (Å²) < 4.78 is 5.36. The lowest BCUT2D eigenvalue weighted by Gasteiger charge is -2.24. The number of hydrogen-bond donors (Lipinski definition) is 1. The summed E-state index contributed by atoms with van der Waals surface area (Å²) in [6.07, 6.45) is 8.62. The van der Waals surface area contributed by atoms with Gasteiger partial charge >= 0.3 is 0 Å². The van der Waals surface area contributed by atoms with Crippen molar-refractivity contribution in [1.82, 2.24) is 0 Å². The predicted molar refractivity (Wildman–Crippen MR) is 40.4 cm³/mol. The molecule has 0 radical (unpaired) electrons. The van der Waals surface area contributed by atoms with Crippen molar-refractivity contribution in [3.63, 3.8) is 0 Å². The maximum atomic E-state index is 5.59. The quantitative estimate of drug-likeness (QED) is 0.537. The third-order valence-electron chi connectivity index (χ3n) is 1.81. The molecule has 0 aromatic rings. The van der Waals surface area contributed by atoms with Crippen molar-refractivity contribution in [2.45, 2.75) is 31.4 Å². The molecule has 56 valence electrons. The van der Waals surface area contributed by atoms with Crippen LogP contribution < -0.4 is 5.73 Å². The van der Waals surface area contributed by atoms with E-state index in [9.17, 15) is 0 Å². The summed E-state index contributed by atoms with van der Waals surface area (Å²) in [6, 6.07) is -0.208. The summed E-state index contributed by atoms with van der Waals surface area (Å²) in [6.45, 7) is 0.819. The van der Waals surface area contributed by atoms with Gasteiger partial charge in [0, 0.05) is 6.61 Å². The fraction of sp³-hybridized carbons (Fsp3) is 0.750. The molecule has 0 amide bonds. The molecular weight excluding hydrogens is 126 g/mol. The molecule has 2 atom stereocenters. The molecule has 0 bridgehead atoms. The molecule has 10 heavy (non-hydrogen) atoms. The Morgan fingerprint density at radius 2 is 2.40 bits per heavy atom. The predicted octanol–water partition coefficient (Wildman–Crippen LogP) is 0.516. The fourth-order valence-electron chi connectivity index (χ4n) is 1.16. The molecule has 0 aromatic heterocycles. The highest BCUT2D eigenvalue weighted by Gasteiger charge is 2.18. The molecular formula is C8H13NO. The van der Waals surface area contributed by atoms with Gasteiger partial charge in [-0.1, -0.05) is 5.92 Å². The smallest absolute Gasteiger partial charge is 0.0927 e. The molecule has 1 aliphatic rings. The van der Waals surface area contributed by atoms with Gasteiger partial charge in [-0.3, -0.25) is 0 Å². The van der Waals surface area contributed by atoms with Crippen LogP contribution in [0.5, 0.6) is 0 Å². The van der Waals surface area contributed by atoms with Crippen molar-refractivity contribution >= 4 is 0 Å². The van der Waals surface area contributed by atoms with Crippen LogP contribution in [0.3, 0.4) is 0 Å². The van der Waals surface area contributed by atoms with E-state index in [1.807, 2.05) is 0 Å². The Bertz CT molecular complexity index is 133. The second kappa shape index (κ2) is 3.60. The van der Waals surface area contributed by atoms with Gasteiger partial charge in [0.1, 0.15) is 0 Å². The average molecular weight is 139 g/mol. The van der Waals surface area contributed by atoms with Crippen LogP contribution in [-0.4, -0.2) is 18.8 Å². The summed E-state index contributed by atoms with van der Waals surface area (Å²) >= 11 is 0. The molecule has 0 aromatic carbocycles. The van der Waals surface area contributed by atoms with E-state index in [1.165, 1.54) is 6.42 Å². The van der Waals surface area contributed by atoms with Crippen molar-refractivity contribution in [3.05, 3.63) is 0 Å². The summed E-state index contributed by atoms with van der Waals surface area (Å²) in [5.74, 6) is 2.49. The van der Waals surface area contributed by atoms with E-state index in [1.54, 1.807) is 0 Å². The average Bonchev–Trinajstić information content (AvgIpc) is 2.05. The third-order valence-corrected chi connectivity index (χ3v) is 1.81. The number of terminal acetylenes is 1. The zero-order valence-corrected chi connectivity index (χ0v) is 6.05. The molecule has 0 aliphatic carbocycles. The highest BCUT2D eigenvalue weighted by Crippen LogP contribution is 2.14. The zero-order chi connectivity index (χ0) is 7.40. The first kappa shape index (κ1) is 7.59. The van der Waals surface area contributed by atoms with Crippen molar-refractivity contribution in [2.24, 2.45) is 5.73 Å². The van der Waals surface area contributed by atoms with Crippen LogP contribution in [0, 0.1) is 12.3 Å². The van der Waals surface area contributed by atoms with Crippen LogP contribution >= 0.6 is 0 Å². The highest BCUT2D eigenvalue weighted by atomic mass is 16.5. The van der Waals surface area contributed by atoms with Crippen LogP contribution in [0.2, 0.25) is 0 Å². The second-order valence-corrected chi connectivity index (χ2v) is 2.60. The molecule has 1 fully saturated rings. The molecule has 2 unspecified atom stereocenters. The maximum absolute atomic E-state index is 5.59. The first-order valence-corrected chi connectivity index (χ1v) is 3.68. The van der Waals surface area contributed by atoms with Crippen molar-refractivity contribution in [2.75, 3.05) is 6.61 Å². The molecule has 1 heterocycles. The van der Waals surface area contributed by atoms with Crippen molar-refractivity contribution < 1.29 is 4.74 Å². The van der Waals surface area contributed by atoms with Gasteiger partial charge in [-0.15, -0.1) is 6.42 Å². The van der Waals surface area contributed by atoms with E-state index in [0.29, 0.717) is 0 Å². The van der Waals surface area contributed by atoms with Crippen LogP contribution in [0.25, 0.3) is 0 Å². The Balaban J connectivity index is 2.33. The summed E-state index contributed by atoms with van der Waals surface area (Å²) in [5, 5.41) is 0. The lowest BCUT2D eigenvalue weighted by Crippen LogP contribution is -2.37. The van der Waals surface area contributed by atoms with Gasteiger partial charge in [0.15, 0.2) is 0 Å². The lowest BCUT2D eigenvalue weighted by molar-refractivity contribution is 0.0108. The minimum absolute atomic E-state index is 0.110. The summed E-state index contributed by atoms with van der Waals surface area (Å²) in [7, 11) is 0. The van der Waals surface area contributed by atoms with E-state index in [2.05, 4.69) is 5.92 Å². The number of nitrogens with two attached hydrogens (primary N) is 1. The molecule has 0 saturated carbocycles. The molecule has 1 aliphatic heterocycles. The summed E-state index contributed by atoms with van der Waals surface area (Å²) in [4.78, 5) is 0. The Labute approximate surface area is 61.7 Å². The highest BCUT2D eigenvalue weighted by molar-refractivity contribution is 5.01. The number of rotatable bonds is 1. The number of ether oxygens (including phenoxy) is 1. The number of hydrogen-bond acceptors (Lipinski definition) is 2. The van der Waals surface area contributed by atoms with Crippen LogP contribution in [-0.2, 0) is 4.74 Å². The molecule has 0 spiro atoms. The minimum Gasteiger partial charge on any atom is -0.376 e. The van der Waals surface area contributed by atoms with E-state index in [-0.39, 0.29) is 12.1 Å². The van der Waals surface area contributed by atoms with Crippen LogP contribution in [0.1, 0.15) is 19.3 Å². The normalized spacial score (nSPS) is 29.0. The SMILES string of the molecule is C#CC(N)C1CCCCO1. The molecule has 2 nitrogen and oxygen atoms in total. The fourth-order valence-corrected chi connectivity index (χ4v) is 1.16. The Kier molecular flexibility index (Phi) is 2.73. The van der Waals surface area contributed by atoms with E-state index in [0.717, 1.165) is 19.4 Å². The first-order valence-electron chi connectivity index (χ1n) is 3.68. The van der Waals surface area contributed by atoms with Gasteiger partial charge in [-0.2, -0.15) is 0 Å². The van der Waals surface area contributed by atoms with Crippen molar-refractivity contribution in [1.29, 1.82) is 0 Å². The lowest BCUT2D eigenvalue weighted by atomic mass is 10.0. The van der Waals surface area contributed by atoms with E-state index >= 15 is 0 Å². The Hall–Kier alpha value is -0.520. The standard InChI is InChI=1S/C8H13NO/c1-2-7(9)8-5-3-4-6-10-8/h1,7-8H,3-6,9H2. The molecule has 1 rings (SSSR count). The molecule has 2 heteroatoms. The van der Waals surface area contributed by atoms with Gasteiger partial charge in [0.2, 0.25) is 0 Å². The van der Waals surface area contributed by atoms with Gasteiger partial charge in [-0.25, -0.2) is 0 Å².